The SMILES string of the molecule is COC(=O)c1ccc(CN2CCN(c3nc(C)c(C(C)=O)s3)C2=O)cc1. The smallest absolute Gasteiger partial charge is 0.337 e. The highest BCUT2D eigenvalue weighted by atomic mass is 32.1. The number of aryl methyl sites for hydroxylation is 1. The Morgan fingerprint density at radius 2 is 1.92 bits per heavy atom. The second kappa shape index (κ2) is 7.25. The first-order chi connectivity index (χ1) is 12.4. The van der Waals surface area contributed by atoms with Crippen LogP contribution in [0.5, 0.6) is 0 Å². The summed E-state index contributed by atoms with van der Waals surface area (Å²) < 4.78 is 4.68. The molecule has 0 unspecified atom stereocenters. The maximum absolute atomic E-state index is 12.7. The van der Waals surface area contributed by atoms with E-state index in [1.807, 2.05) is 12.1 Å². The van der Waals surface area contributed by atoms with Gasteiger partial charge in [0.1, 0.15) is 0 Å². The number of nitrogens with zero attached hydrogens (tertiary/aromatic N) is 3. The van der Waals surface area contributed by atoms with Gasteiger partial charge in [0.2, 0.25) is 0 Å². The van der Waals surface area contributed by atoms with Gasteiger partial charge in [0, 0.05) is 26.6 Å². The van der Waals surface area contributed by atoms with E-state index in [-0.39, 0.29) is 17.8 Å². The zero-order valence-electron chi connectivity index (χ0n) is 14.8. The zero-order chi connectivity index (χ0) is 18.8. The summed E-state index contributed by atoms with van der Waals surface area (Å²) in [6, 6.07) is 6.85. The Kier molecular flexibility index (Phi) is 5.03. The van der Waals surface area contributed by atoms with Crippen LogP contribution in [-0.4, -0.2) is 47.9 Å². The van der Waals surface area contributed by atoms with Crippen molar-refractivity contribution in [1.29, 1.82) is 0 Å². The number of ether oxygens (including phenoxy) is 1. The lowest BCUT2D eigenvalue weighted by Gasteiger charge is -2.17. The average Bonchev–Trinajstić information content (AvgIpc) is 3.18. The number of amides is 2. The van der Waals surface area contributed by atoms with Gasteiger partial charge >= 0.3 is 12.0 Å². The number of carbonyl (C=O) groups is 3. The fraction of sp³-hybridized carbons (Fsp3) is 0.333. The number of hydrogen-bond acceptors (Lipinski definition) is 6. The van der Waals surface area contributed by atoms with Crippen LogP contribution < -0.4 is 4.90 Å². The van der Waals surface area contributed by atoms with Crippen LogP contribution in [0.1, 0.15) is 38.2 Å². The molecule has 1 aromatic heterocycles. The van der Waals surface area contributed by atoms with E-state index in [0.717, 1.165) is 5.56 Å². The number of hydrogen-bond donors (Lipinski definition) is 0. The third-order valence-electron chi connectivity index (χ3n) is 4.18. The number of aromatic nitrogens is 1. The number of ketones is 1. The lowest BCUT2D eigenvalue weighted by molar-refractivity contribution is 0.0600. The molecule has 3 rings (SSSR count). The highest BCUT2D eigenvalue weighted by Crippen LogP contribution is 2.29. The molecule has 0 spiro atoms. The molecule has 2 amide bonds. The van der Waals surface area contributed by atoms with Crippen molar-refractivity contribution in [3.8, 4) is 0 Å². The number of thiazole rings is 1. The van der Waals surface area contributed by atoms with Gasteiger partial charge in [-0.05, 0) is 24.6 Å². The molecule has 2 aromatic rings. The van der Waals surface area contributed by atoms with Crippen molar-refractivity contribution in [2.75, 3.05) is 25.1 Å². The predicted octanol–water partition coefficient (Wildman–Crippen LogP) is 2.88. The first-order valence-electron chi connectivity index (χ1n) is 8.12. The Labute approximate surface area is 155 Å². The minimum Gasteiger partial charge on any atom is -0.465 e. The highest BCUT2D eigenvalue weighted by Gasteiger charge is 2.32. The van der Waals surface area contributed by atoms with Crippen molar-refractivity contribution in [2.45, 2.75) is 20.4 Å². The Hall–Kier alpha value is -2.74. The molecule has 1 aromatic carbocycles. The van der Waals surface area contributed by atoms with Gasteiger partial charge in [0.25, 0.3) is 0 Å². The zero-order valence-corrected chi connectivity index (χ0v) is 15.6. The highest BCUT2D eigenvalue weighted by molar-refractivity contribution is 7.17. The van der Waals surface area contributed by atoms with E-state index in [1.165, 1.54) is 25.4 Å². The predicted molar refractivity (Wildman–Crippen MR) is 97.8 cm³/mol. The van der Waals surface area contributed by atoms with E-state index in [4.69, 9.17) is 0 Å². The van der Waals surface area contributed by atoms with Crippen LogP contribution in [0.3, 0.4) is 0 Å². The van der Waals surface area contributed by atoms with Crippen LogP contribution in [-0.2, 0) is 11.3 Å². The van der Waals surface area contributed by atoms with Crippen molar-refractivity contribution in [3.05, 3.63) is 46.0 Å². The summed E-state index contributed by atoms with van der Waals surface area (Å²) in [6.07, 6.45) is 0. The van der Waals surface area contributed by atoms with Crippen LogP contribution >= 0.6 is 11.3 Å². The summed E-state index contributed by atoms with van der Waals surface area (Å²) >= 11 is 1.25. The Balaban J connectivity index is 1.70. The first kappa shape index (κ1) is 18.1. The molecule has 0 atom stereocenters. The topological polar surface area (TPSA) is 79.8 Å². The van der Waals surface area contributed by atoms with Gasteiger partial charge in [0.15, 0.2) is 10.9 Å². The lowest BCUT2D eigenvalue weighted by Crippen LogP contribution is -2.31. The van der Waals surface area contributed by atoms with Crippen LogP contribution in [0.2, 0.25) is 0 Å². The summed E-state index contributed by atoms with van der Waals surface area (Å²) in [5, 5.41) is 0.557. The molecule has 0 bridgehead atoms. The Morgan fingerprint density at radius 1 is 1.23 bits per heavy atom. The molecule has 1 fully saturated rings. The first-order valence-corrected chi connectivity index (χ1v) is 8.94. The molecule has 8 heteroatoms. The van der Waals surface area contributed by atoms with Crippen molar-refractivity contribution >= 4 is 34.3 Å². The van der Waals surface area contributed by atoms with Gasteiger partial charge in [0.05, 0.1) is 23.2 Å². The molecule has 1 saturated heterocycles. The van der Waals surface area contributed by atoms with Crippen LogP contribution in [0.15, 0.2) is 24.3 Å². The van der Waals surface area contributed by atoms with Crippen molar-refractivity contribution in [2.24, 2.45) is 0 Å². The third kappa shape index (κ3) is 3.45. The van der Waals surface area contributed by atoms with E-state index in [1.54, 1.807) is 28.9 Å². The van der Waals surface area contributed by atoms with E-state index in [9.17, 15) is 14.4 Å². The average molecular weight is 373 g/mol. The monoisotopic (exact) mass is 373 g/mol. The van der Waals surface area contributed by atoms with Gasteiger partial charge in [-0.15, -0.1) is 0 Å². The summed E-state index contributed by atoms with van der Waals surface area (Å²) in [5.41, 5.74) is 2.05. The number of urea groups is 1. The molecule has 136 valence electrons. The molecule has 0 aliphatic carbocycles. The van der Waals surface area contributed by atoms with Gasteiger partial charge in [-0.2, -0.15) is 0 Å². The van der Waals surface area contributed by atoms with E-state index >= 15 is 0 Å². The van der Waals surface area contributed by atoms with Gasteiger partial charge < -0.3 is 9.64 Å². The number of carbonyl (C=O) groups excluding carboxylic acids is 3. The van der Waals surface area contributed by atoms with Crippen molar-refractivity contribution in [3.63, 3.8) is 0 Å². The maximum Gasteiger partial charge on any atom is 0.337 e. The maximum atomic E-state index is 12.7. The number of rotatable bonds is 5. The molecule has 1 aliphatic heterocycles. The molecular weight excluding hydrogens is 354 g/mol. The fourth-order valence-electron chi connectivity index (χ4n) is 2.82. The number of benzene rings is 1. The number of methoxy groups -OCH3 is 1. The number of Topliss-reactive ketones (excluding diaryl/α,β-unsaturated/α-hetero) is 1. The van der Waals surface area contributed by atoms with E-state index in [2.05, 4.69) is 9.72 Å². The van der Waals surface area contributed by atoms with Crippen LogP contribution in [0, 0.1) is 6.92 Å². The van der Waals surface area contributed by atoms with Crippen LogP contribution in [0.25, 0.3) is 0 Å². The largest absolute Gasteiger partial charge is 0.465 e. The molecule has 0 saturated carbocycles. The normalized spacial score (nSPS) is 14.0. The van der Waals surface area contributed by atoms with Gasteiger partial charge in [-0.1, -0.05) is 23.5 Å². The molecule has 1 aliphatic rings. The Bertz CT molecular complexity index is 860. The molecular formula is C18H19N3O4S. The molecule has 7 nitrogen and oxygen atoms in total. The minimum absolute atomic E-state index is 0.0413. The van der Waals surface area contributed by atoms with Crippen LogP contribution in [0.4, 0.5) is 9.93 Å². The van der Waals surface area contributed by atoms with E-state index < -0.39 is 0 Å². The second-order valence-corrected chi connectivity index (χ2v) is 6.99. The number of anilines is 1. The van der Waals surface area contributed by atoms with Crippen molar-refractivity contribution < 1.29 is 19.1 Å². The lowest BCUT2D eigenvalue weighted by atomic mass is 10.1. The van der Waals surface area contributed by atoms with Gasteiger partial charge in [-0.3, -0.25) is 9.69 Å². The number of esters is 1. The van der Waals surface area contributed by atoms with E-state index in [0.29, 0.717) is 40.9 Å². The second-order valence-electron chi connectivity index (χ2n) is 6.01. The van der Waals surface area contributed by atoms with Gasteiger partial charge in [-0.25, -0.2) is 14.6 Å². The molecule has 0 radical (unpaired) electrons. The molecule has 2 heterocycles. The summed E-state index contributed by atoms with van der Waals surface area (Å²) in [6.45, 7) is 4.83. The standard InChI is InChI=1S/C18H19N3O4S/c1-11-15(12(2)22)26-17(19-11)21-9-8-20(18(21)24)10-13-4-6-14(7-5-13)16(23)25-3/h4-7H,8-10H2,1-3H3. The van der Waals surface area contributed by atoms with Crippen molar-refractivity contribution in [1.82, 2.24) is 9.88 Å². The molecule has 0 N–H and O–H groups in total. The fourth-order valence-corrected chi connectivity index (χ4v) is 3.80. The minimum atomic E-state index is -0.389. The summed E-state index contributed by atoms with van der Waals surface area (Å²) in [5.74, 6) is -0.430. The summed E-state index contributed by atoms with van der Waals surface area (Å²) in [7, 11) is 1.34. The Morgan fingerprint density at radius 3 is 2.50 bits per heavy atom. The summed E-state index contributed by atoms with van der Waals surface area (Å²) in [4.78, 5) is 44.0. The third-order valence-corrected chi connectivity index (χ3v) is 5.46. The molecule has 26 heavy (non-hydrogen) atoms. The quantitative estimate of drug-likeness (QED) is 0.595.